The lowest BCUT2D eigenvalue weighted by Gasteiger charge is -2.33. The minimum absolute atomic E-state index is 0.00586. The van der Waals surface area contributed by atoms with Crippen molar-refractivity contribution in [3.63, 3.8) is 0 Å². The van der Waals surface area contributed by atoms with Gasteiger partial charge >= 0.3 is 0 Å². The van der Waals surface area contributed by atoms with Crippen molar-refractivity contribution in [3.05, 3.63) is 53.3 Å². The molecule has 1 N–H and O–H groups in total. The summed E-state index contributed by atoms with van der Waals surface area (Å²) in [6.45, 7) is 5.96. The van der Waals surface area contributed by atoms with Crippen molar-refractivity contribution in [3.8, 4) is 11.5 Å². The number of carbonyl (C=O) groups is 1. The van der Waals surface area contributed by atoms with E-state index in [0.717, 1.165) is 56.0 Å². The smallest absolute Gasteiger partial charge is 0.224 e. The molecule has 0 bridgehead atoms. The third-order valence-corrected chi connectivity index (χ3v) is 5.86. The highest BCUT2D eigenvalue weighted by Crippen LogP contribution is 2.32. The summed E-state index contributed by atoms with van der Waals surface area (Å²) >= 11 is 0. The summed E-state index contributed by atoms with van der Waals surface area (Å²) in [5.41, 5.74) is 2.65. The Labute approximate surface area is 177 Å². The monoisotopic (exact) mass is 412 g/mol. The summed E-state index contributed by atoms with van der Waals surface area (Å²) < 4.78 is 24.5. The molecule has 2 aromatic carbocycles. The number of carbonyl (C=O) groups excluding carboxylic acids is 1. The number of likely N-dealkylation sites (tertiary alicyclic amines) is 1. The van der Waals surface area contributed by atoms with E-state index in [1.165, 1.54) is 17.7 Å². The maximum atomic E-state index is 13.2. The lowest BCUT2D eigenvalue weighted by Crippen LogP contribution is -2.35. The van der Waals surface area contributed by atoms with Crippen LogP contribution in [0, 0.1) is 18.7 Å². The maximum Gasteiger partial charge on any atom is 0.224 e. The number of piperidine rings is 1. The second-order valence-corrected chi connectivity index (χ2v) is 8.27. The molecule has 5 nitrogen and oxygen atoms in total. The van der Waals surface area contributed by atoms with Gasteiger partial charge in [-0.25, -0.2) is 4.39 Å². The average Bonchev–Trinajstić information content (AvgIpc) is 2.74. The van der Waals surface area contributed by atoms with Gasteiger partial charge in [0.1, 0.15) is 19.0 Å². The van der Waals surface area contributed by atoms with Gasteiger partial charge in [-0.2, -0.15) is 0 Å². The molecule has 0 spiro atoms. The molecule has 0 saturated carbocycles. The third-order valence-electron chi connectivity index (χ3n) is 5.86. The molecule has 0 aromatic heterocycles. The minimum Gasteiger partial charge on any atom is -0.486 e. The van der Waals surface area contributed by atoms with E-state index in [0.29, 0.717) is 31.2 Å². The summed E-state index contributed by atoms with van der Waals surface area (Å²) in [6, 6.07) is 10.6. The number of ether oxygens (including phenoxy) is 2. The van der Waals surface area contributed by atoms with E-state index < -0.39 is 0 Å². The number of fused-ring (bicyclic) bond motifs is 1. The van der Waals surface area contributed by atoms with Gasteiger partial charge in [0.25, 0.3) is 0 Å². The summed E-state index contributed by atoms with van der Waals surface area (Å²) in [4.78, 5) is 14.8. The maximum absolute atomic E-state index is 13.2. The van der Waals surface area contributed by atoms with Gasteiger partial charge in [0, 0.05) is 25.2 Å². The Balaban J connectivity index is 1.26. The number of anilines is 1. The van der Waals surface area contributed by atoms with E-state index >= 15 is 0 Å². The van der Waals surface area contributed by atoms with Crippen molar-refractivity contribution in [2.24, 2.45) is 5.92 Å². The summed E-state index contributed by atoms with van der Waals surface area (Å²) in [5, 5.41) is 2.91. The highest BCUT2D eigenvalue weighted by molar-refractivity contribution is 5.91. The van der Waals surface area contributed by atoms with E-state index in [1.807, 2.05) is 6.07 Å². The molecule has 6 heteroatoms. The van der Waals surface area contributed by atoms with Gasteiger partial charge in [0.15, 0.2) is 11.5 Å². The highest BCUT2D eigenvalue weighted by Gasteiger charge is 2.21. The van der Waals surface area contributed by atoms with E-state index in [1.54, 1.807) is 13.0 Å². The number of hydrogen-bond acceptors (Lipinski definition) is 4. The van der Waals surface area contributed by atoms with Gasteiger partial charge in [-0.05, 0) is 80.1 Å². The molecular weight excluding hydrogens is 383 g/mol. The second-order valence-electron chi connectivity index (χ2n) is 8.27. The van der Waals surface area contributed by atoms with Crippen LogP contribution in [0.25, 0.3) is 0 Å². The molecular formula is C24H29FN2O3. The standard InChI is InChI=1S/C24H29FN2O3/c1-17-13-20(25)6-7-21(17)26-24(28)9-5-18-3-2-10-27(15-18)16-19-4-8-22-23(14-19)30-12-11-29-22/h4,6-8,13-14,18H,2-3,5,9-12,15-16H2,1H3,(H,26,28). The Morgan fingerprint density at radius 1 is 1.17 bits per heavy atom. The minimum atomic E-state index is -0.286. The first-order chi connectivity index (χ1) is 14.6. The first kappa shape index (κ1) is 20.7. The first-order valence-electron chi connectivity index (χ1n) is 10.7. The molecule has 1 fully saturated rings. The molecule has 30 heavy (non-hydrogen) atoms. The number of nitrogens with one attached hydrogen (secondary N) is 1. The fraction of sp³-hybridized carbons (Fsp3) is 0.458. The Hall–Kier alpha value is -2.60. The molecule has 2 aromatic rings. The van der Waals surface area contributed by atoms with Crippen LogP contribution < -0.4 is 14.8 Å². The number of rotatable bonds is 6. The van der Waals surface area contributed by atoms with Gasteiger partial charge in [-0.15, -0.1) is 0 Å². The molecule has 1 unspecified atom stereocenters. The average molecular weight is 413 g/mol. The zero-order valence-electron chi connectivity index (χ0n) is 17.5. The van der Waals surface area contributed by atoms with Gasteiger partial charge in [0.2, 0.25) is 5.91 Å². The Morgan fingerprint density at radius 2 is 2.00 bits per heavy atom. The Kier molecular flexibility index (Phi) is 6.53. The molecule has 2 aliphatic heterocycles. The Morgan fingerprint density at radius 3 is 2.83 bits per heavy atom. The van der Waals surface area contributed by atoms with E-state index in [-0.39, 0.29) is 11.7 Å². The Bertz CT molecular complexity index is 902. The van der Waals surface area contributed by atoms with E-state index in [4.69, 9.17) is 9.47 Å². The summed E-state index contributed by atoms with van der Waals surface area (Å²) in [6.07, 6.45) is 3.65. The van der Waals surface area contributed by atoms with Crippen LogP contribution in [-0.2, 0) is 11.3 Å². The van der Waals surface area contributed by atoms with Crippen LogP contribution in [0.3, 0.4) is 0 Å². The molecule has 1 amide bonds. The van der Waals surface area contributed by atoms with Crippen molar-refractivity contribution < 1.29 is 18.7 Å². The van der Waals surface area contributed by atoms with Crippen LogP contribution in [0.5, 0.6) is 11.5 Å². The second kappa shape index (κ2) is 9.47. The third kappa shape index (κ3) is 5.30. The first-order valence-corrected chi connectivity index (χ1v) is 10.7. The SMILES string of the molecule is Cc1cc(F)ccc1NC(=O)CCC1CCCN(Cc2ccc3c(c2)OCCO3)C1. The number of aryl methyl sites for hydroxylation is 1. The normalized spacial score (nSPS) is 18.8. The number of nitrogens with zero attached hydrogens (tertiary/aromatic N) is 1. The van der Waals surface area contributed by atoms with Crippen LogP contribution in [-0.4, -0.2) is 37.1 Å². The lowest BCUT2D eigenvalue weighted by molar-refractivity contribution is -0.116. The quantitative estimate of drug-likeness (QED) is 0.757. The van der Waals surface area contributed by atoms with Crippen LogP contribution in [0.4, 0.5) is 10.1 Å². The van der Waals surface area contributed by atoms with Crippen molar-refractivity contribution >= 4 is 11.6 Å². The molecule has 160 valence electrons. The fourth-order valence-corrected chi connectivity index (χ4v) is 4.29. The molecule has 0 aliphatic carbocycles. The zero-order valence-corrected chi connectivity index (χ0v) is 17.5. The van der Waals surface area contributed by atoms with Crippen LogP contribution >= 0.6 is 0 Å². The number of benzene rings is 2. The number of hydrogen-bond donors (Lipinski definition) is 1. The number of halogens is 1. The van der Waals surface area contributed by atoms with Crippen molar-refractivity contribution in [1.82, 2.24) is 4.90 Å². The molecule has 2 heterocycles. The molecule has 2 aliphatic rings. The fourth-order valence-electron chi connectivity index (χ4n) is 4.29. The summed E-state index contributed by atoms with van der Waals surface area (Å²) in [7, 11) is 0. The van der Waals surface area contributed by atoms with Gasteiger partial charge in [0.05, 0.1) is 0 Å². The molecule has 4 rings (SSSR count). The van der Waals surface area contributed by atoms with Crippen molar-refractivity contribution in [1.29, 1.82) is 0 Å². The molecule has 1 atom stereocenters. The topological polar surface area (TPSA) is 50.8 Å². The molecule has 1 saturated heterocycles. The lowest BCUT2D eigenvalue weighted by atomic mass is 9.93. The predicted octanol–water partition coefficient (Wildman–Crippen LogP) is 4.54. The van der Waals surface area contributed by atoms with Gasteiger partial charge < -0.3 is 14.8 Å². The van der Waals surface area contributed by atoms with E-state index in [2.05, 4.69) is 22.3 Å². The van der Waals surface area contributed by atoms with Crippen LogP contribution in [0.15, 0.2) is 36.4 Å². The zero-order chi connectivity index (χ0) is 20.9. The molecule has 0 radical (unpaired) electrons. The largest absolute Gasteiger partial charge is 0.486 e. The van der Waals surface area contributed by atoms with Crippen molar-refractivity contribution in [2.75, 3.05) is 31.6 Å². The van der Waals surface area contributed by atoms with Crippen molar-refractivity contribution in [2.45, 2.75) is 39.2 Å². The number of amides is 1. The summed E-state index contributed by atoms with van der Waals surface area (Å²) in [5.74, 6) is 1.87. The van der Waals surface area contributed by atoms with E-state index in [9.17, 15) is 9.18 Å². The predicted molar refractivity (Wildman–Crippen MR) is 114 cm³/mol. The highest BCUT2D eigenvalue weighted by atomic mass is 19.1. The van der Waals surface area contributed by atoms with Gasteiger partial charge in [-0.3, -0.25) is 9.69 Å². The van der Waals surface area contributed by atoms with Gasteiger partial charge in [-0.1, -0.05) is 6.07 Å². The van der Waals surface area contributed by atoms with Crippen LogP contribution in [0.1, 0.15) is 36.8 Å². The van der Waals surface area contributed by atoms with Crippen LogP contribution in [0.2, 0.25) is 0 Å².